The van der Waals surface area contributed by atoms with Crippen LogP contribution in [0.2, 0.25) is 5.02 Å². The van der Waals surface area contributed by atoms with Crippen LogP contribution in [-0.2, 0) is 9.59 Å². The van der Waals surface area contributed by atoms with Crippen molar-refractivity contribution in [3.63, 3.8) is 0 Å². The molecule has 22 heavy (non-hydrogen) atoms. The van der Waals surface area contributed by atoms with E-state index >= 15 is 0 Å². The van der Waals surface area contributed by atoms with Crippen LogP contribution in [0.15, 0.2) is 53.4 Å². The van der Waals surface area contributed by atoms with Crippen LogP contribution >= 0.6 is 23.4 Å². The zero-order valence-corrected chi connectivity index (χ0v) is 13.4. The highest BCUT2D eigenvalue weighted by Gasteiger charge is 2.08. The van der Waals surface area contributed by atoms with E-state index in [1.54, 1.807) is 30.3 Å². The summed E-state index contributed by atoms with van der Waals surface area (Å²) < 4.78 is 5.22. The summed E-state index contributed by atoms with van der Waals surface area (Å²) in [6, 6.07) is 13.9. The van der Waals surface area contributed by atoms with Crippen molar-refractivity contribution in [2.24, 2.45) is 0 Å². The van der Waals surface area contributed by atoms with Gasteiger partial charge in [0.25, 0.3) is 0 Å². The Morgan fingerprint density at radius 2 is 1.82 bits per heavy atom. The molecular weight excluding hydrogens is 322 g/mol. The number of thioether (sulfide) groups is 1. The number of amides is 1. The van der Waals surface area contributed by atoms with E-state index in [1.165, 1.54) is 18.7 Å². The van der Waals surface area contributed by atoms with E-state index in [4.69, 9.17) is 16.3 Å². The molecule has 1 N–H and O–H groups in total. The Kier molecular flexibility index (Phi) is 5.86. The Labute approximate surface area is 137 Å². The Morgan fingerprint density at radius 1 is 1.14 bits per heavy atom. The van der Waals surface area contributed by atoms with Gasteiger partial charge in [0, 0.05) is 17.5 Å². The van der Waals surface area contributed by atoms with E-state index in [9.17, 15) is 9.59 Å². The van der Waals surface area contributed by atoms with E-state index < -0.39 is 0 Å². The number of esters is 1. The summed E-state index contributed by atoms with van der Waals surface area (Å²) >= 11 is 7.34. The molecule has 0 unspecified atom stereocenters. The third-order valence-corrected chi connectivity index (χ3v) is 4.08. The molecule has 114 valence electrons. The van der Waals surface area contributed by atoms with Crippen molar-refractivity contribution in [2.75, 3.05) is 11.1 Å². The minimum atomic E-state index is -0.364. The van der Waals surface area contributed by atoms with Gasteiger partial charge in [0.2, 0.25) is 5.91 Å². The van der Waals surface area contributed by atoms with Gasteiger partial charge in [-0.1, -0.05) is 23.7 Å². The lowest BCUT2D eigenvalue weighted by Crippen LogP contribution is -2.11. The molecule has 2 aromatic carbocycles. The van der Waals surface area contributed by atoms with Crippen molar-refractivity contribution in [1.82, 2.24) is 0 Å². The first-order chi connectivity index (χ1) is 10.5. The molecule has 0 heterocycles. The maximum absolute atomic E-state index is 11.8. The fraction of sp³-hybridized carbons (Fsp3) is 0.125. The molecule has 1 amide bonds. The van der Waals surface area contributed by atoms with Crippen LogP contribution in [0, 0.1) is 0 Å². The monoisotopic (exact) mass is 335 g/mol. The normalized spacial score (nSPS) is 10.1. The minimum Gasteiger partial charge on any atom is -0.426 e. The third-order valence-electron chi connectivity index (χ3n) is 2.59. The van der Waals surface area contributed by atoms with E-state index in [1.807, 2.05) is 18.2 Å². The third kappa shape index (κ3) is 5.09. The summed E-state index contributed by atoms with van der Waals surface area (Å²) in [6.45, 7) is 1.43. The SMILES string of the molecule is CC(=O)Nc1ccc(OC(=O)CSc2ccccc2Cl)cc1. The minimum absolute atomic E-state index is 0.152. The first kappa shape index (κ1) is 16.4. The molecule has 0 fully saturated rings. The molecule has 0 aliphatic rings. The van der Waals surface area contributed by atoms with Crippen molar-refractivity contribution < 1.29 is 14.3 Å². The van der Waals surface area contributed by atoms with Crippen LogP contribution in [0.3, 0.4) is 0 Å². The lowest BCUT2D eigenvalue weighted by Gasteiger charge is -2.06. The first-order valence-electron chi connectivity index (χ1n) is 6.50. The lowest BCUT2D eigenvalue weighted by atomic mass is 10.3. The van der Waals surface area contributed by atoms with Crippen molar-refractivity contribution in [3.05, 3.63) is 53.6 Å². The van der Waals surface area contributed by atoms with Gasteiger partial charge in [-0.25, -0.2) is 0 Å². The molecule has 0 saturated carbocycles. The summed E-state index contributed by atoms with van der Waals surface area (Å²) in [6.07, 6.45) is 0. The molecule has 2 aromatic rings. The van der Waals surface area contributed by atoms with Gasteiger partial charge in [-0.3, -0.25) is 9.59 Å². The van der Waals surface area contributed by atoms with Crippen LogP contribution < -0.4 is 10.1 Å². The summed E-state index contributed by atoms with van der Waals surface area (Å²) in [7, 11) is 0. The standard InChI is InChI=1S/C16H14ClNO3S/c1-11(19)18-12-6-8-13(9-7-12)21-16(20)10-22-15-5-3-2-4-14(15)17/h2-9H,10H2,1H3,(H,18,19). The number of ether oxygens (including phenoxy) is 1. The number of hydrogen-bond donors (Lipinski definition) is 1. The molecule has 4 nitrogen and oxygen atoms in total. The highest BCUT2D eigenvalue weighted by Crippen LogP contribution is 2.26. The molecule has 0 aliphatic heterocycles. The smallest absolute Gasteiger partial charge is 0.321 e. The maximum Gasteiger partial charge on any atom is 0.321 e. The average Bonchev–Trinajstić information content (AvgIpc) is 2.48. The molecule has 0 spiro atoms. The number of carbonyl (C=O) groups is 2. The predicted molar refractivity (Wildman–Crippen MR) is 88.6 cm³/mol. The highest BCUT2D eigenvalue weighted by molar-refractivity contribution is 8.00. The van der Waals surface area contributed by atoms with E-state index in [0.717, 1.165) is 4.90 Å². The van der Waals surface area contributed by atoms with Gasteiger partial charge in [0.15, 0.2) is 0 Å². The zero-order chi connectivity index (χ0) is 15.9. The van der Waals surface area contributed by atoms with Gasteiger partial charge in [-0.05, 0) is 36.4 Å². The molecule has 6 heteroatoms. The van der Waals surface area contributed by atoms with Crippen molar-refractivity contribution in [3.8, 4) is 5.75 Å². The van der Waals surface area contributed by atoms with Gasteiger partial charge >= 0.3 is 5.97 Å². The largest absolute Gasteiger partial charge is 0.426 e. The Morgan fingerprint density at radius 3 is 2.45 bits per heavy atom. The lowest BCUT2D eigenvalue weighted by molar-refractivity contribution is -0.131. The quantitative estimate of drug-likeness (QED) is 0.510. The Balaban J connectivity index is 1.87. The fourth-order valence-corrected chi connectivity index (χ4v) is 2.68. The number of nitrogens with one attached hydrogen (secondary N) is 1. The second-order valence-corrected chi connectivity index (χ2v) is 5.82. The van der Waals surface area contributed by atoms with Gasteiger partial charge in [0.1, 0.15) is 5.75 Å². The number of rotatable bonds is 5. The predicted octanol–water partition coefficient (Wildman–Crippen LogP) is 4.00. The molecule has 0 aliphatic carbocycles. The topological polar surface area (TPSA) is 55.4 Å². The van der Waals surface area contributed by atoms with Crippen molar-refractivity contribution in [1.29, 1.82) is 0 Å². The van der Waals surface area contributed by atoms with E-state index in [2.05, 4.69) is 5.32 Å². The summed E-state index contributed by atoms with van der Waals surface area (Å²) in [5, 5.41) is 3.25. The fourth-order valence-electron chi connectivity index (χ4n) is 1.67. The molecule has 2 rings (SSSR count). The first-order valence-corrected chi connectivity index (χ1v) is 7.86. The Hall–Kier alpha value is -1.98. The molecular formula is C16H14ClNO3S. The van der Waals surface area contributed by atoms with Crippen molar-refractivity contribution >= 4 is 40.9 Å². The maximum atomic E-state index is 11.8. The molecule has 0 saturated heterocycles. The summed E-state index contributed by atoms with van der Waals surface area (Å²) in [5.74, 6) is 0.0777. The highest BCUT2D eigenvalue weighted by atomic mass is 35.5. The zero-order valence-electron chi connectivity index (χ0n) is 11.8. The van der Waals surface area contributed by atoms with Crippen molar-refractivity contribution in [2.45, 2.75) is 11.8 Å². The van der Waals surface area contributed by atoms with Gasteiger partial charge in [-0.2, -0.15) is 0 Å². The van der Waals surface area contributed by atoms with Crippen LogP contribution in [0.1, 0.15) is 6.92 Å². The van der Waals surface area contributed by atoms with Gasteiger partial charge in [-0.15, -0.1) is 11.8 Å². The summed E-state index contributed by atoms with van der Waals surface area (Å²) in [5.41, 5.74) is 0.651. The molecule has 0 aromatic heterocycles. The van der Waals surface area contributed by atoms with Crippen LogP contribution in [0.4, 0.5) is 5.69 Å². The summed E-state index contributed by atoms with van der Waals surface area (Å²) in [4.78, 5) is 23.6. The van der Waals surface area contributed by atoms with Crippen LogP contribution in [0.25, 0.3) is 0 Å². The second kappa shape index (κ2) is 7.87. The Bertz CT molecular complexity index is 673. The number of carbonyl (C=O) groups excluding carboxylic acids is 2. The van der Waals surface area contributed by atoms with Crippen LogP contribution in [-0.4, -0.2) is 17.6 Å². The van der Waals surface area contributed by atoms with Gasteiger partial charge < -0.3 is 10.1 Å². The number of halogens is 1. The van der Waals surface area contributed by atoms with E-state index in [-0.39, 0.29) is 17.6 Å². The number of anilines is 1. The van der Waals surface area contributed by atoms with Gasteiger partial charge in [0.05, 0.1) is 10.8 Å². The average molecular weight is 336 g/mol. The molecule has 0 bridgehead atoms. The molecule has 0 radical (unpaired) electrons. The number of benzene rings is 2. The molecule has 0 atom stereocenters. The number of hydrogen-bond acceptors (Lipinski definition) is 4. The van der Waals surface area contributed by atoms with E-state index in [0.29, 0.717) is 16.5 Å². The second-order valence-electron chi connectivity index (χ2n) is 4.40. The van der Waals surface area contributed by atoms with Crippen LogP contribution in [0.5, 0.6) is 5.75 Å².